The highest BCUT2D eigenvalue weighted by atomic mass is 15.3. The standard InChI is InChI=1S/C14H16N6/c1-8(2)20-12-5-9(3-4-10(12)6-18-20)11-7-17-14(16)19-13(11)15/h3-8H,1-2H3,(H4,15,16,17,19). The van der Waals surface area contributed by atoms with Crippen LogP contribution in [0.3, 0.4) is 0 Å². The fourth-order valence-electron chi connectivity index (χ4n) is 2.25. The second-order valence-corrected chi connectivity index (χ2v) is 4.98. The molecule has 0 radical (unpaired) electrons. The second kappa shape index (κ2) is 4.48. The molecule has 4 N–H and O–H groups in total. The van der Waals surface area contributed by atoms with Crippen molar-refractivity contribution in [2.75, 3.05) is 11.5 Å². The van der Waals surface area contributed by atoms with Gasteiger partial charge in [-0.05, 0) is 25.5 Å². The molecule has 0 aliphatic carbocycles. The monoisotopic (exact) mass is 268 g/mol. The molecule has 0 saturated heterocycles. The smallest absolute Gasteiger partial charge is 0.221 e. The van der Waals surface area contributed by atoms with Gasteiger partial charge in [0, 0.05) is 23.2 Å². The maximum Gasteiger partial charge on any atom is 0.221 e. The van der Waals surface area contributed by atoms with Crippen LogP contribution in [0.15, 0.2) is 30.6 Å². The summed E-state index contributed by atoms with van der Waals surface area (Å²) in [5.74, 6) is 0.562. The SMILES string of the molecule is CC(C)n1ncc2ccc(-c3cnc(N)nc3N)cc21. The minimum absolute atomic E-state index is 0.180. The molecule has 3 rings (SSSR count). The normalized spacial score (nSPS) is 11.3. The van der Waals surface area contributed by atoms with Crippen molar-refractivity contribution in [2.24, 2.45) is 0 Å². The van der Waals surface area contributed by atoms with Gasteiger partial charge in [-0.3, -0.25) is 4.68 Å². The van der Waals surface area contributed by atoms with E-state index in [2.05, 4.69) is 28.9 Å². The van der Waals surface area contributed by atoms with Crippen molar-refractivity contribution in [1.29, 1.82) is 0 Å². The van der Waals surface area contributed by atoms with E-state index < -0.39 is 0 Å². The van der Waals surface area contributed by atoms with Crippen LogP contribution in [0.25, 0.3) is 22.0 Å². The van der Waals surface area contributed by atoms with Crippen LogP contribution in [0.2, 0.25) is 0 Å². The zero-order valence-electron chi connectivity index (χ0n) is 11.4. The maximum atomic E-state index is 5.92. The molecule has 3 aromatic rings. The van der Waals surface area contributed by atoms with E-state index in [1.807, 2.05) is 29.1 Å². The number of aromatic nitrogens is 4. The van der Waals surface area contributed by atoms with Crippen LogP contribution in [-0.2, 0) is 0 Å². The first-order valence-electron chi connectivity index (χ1n) is 6.42. The number of benzene rings is 1. The van der Waals surface area contributed by atoms with E-state index in [1.165, 1.54) is 0 Å². The molecule has 0 saturated carbocycles. The quantitative estimate of drug-likeness (QED) is 0.743. The van der Waals surface area contributed by atoms with Crippen molar-refractivity contribution >= 4 is 22.7 Å². The molecular formula is C14H16N6. The third-order valence-electron chi connectivity index (χ3n) is 3.24. The Bertz CT molecular complexity index is 774. The van der Waals surface area contributed by atoms with E-state index in [0.29, 0.717) is 11.9 Å². The van der Waals surface area contributed by atoms with Gasteiger partial charge in [0.15, 0.2) is 0 Å². The number of nitrogens with two attached hydrogens (primary N) is 2. The number of fused-ring (bicyclic) bond motifs is 1. The van der Waals surface area contributed by atoms with Crippen LogP contribution in [-0.4, -0.2) is 19.7 Å². The summed E-state index contributed by atoms with van der Waals surface area (Å²) in [5.41, 5.74) is 14.2. The Balaban J connectivity index is 2.19. The highest BCUT2D eigenvalue weighted by molar-refractivity contribution is 5.86. The molecule has 2 aromatic heterocycles. The largest absolute Gasteiger partial charge is 0.383 e. The van der Waals surface area contributed by atoms with Crippen LogP contribution in [0.4, 0.5) is 11.8 Å². The Hall–Kier alpha value is -2.63. The number of anilines is 2. The average molecular weight is 268 g/mol. The predicted molar refractivity (Wildman–Crippen MR) is 80.0 cm³/mol. The van der Waals surface area contributed by atoms with Crippen LogP contribution in [0.5, 0.6) is 0 Å². The van der Waals surface area contributed by atoms with Gasteiger partial charge in [0.05, 0.1) is 11.7 Å². The third kappa shape index (κ3) is 1.95. The average Bonchev–Trinajstić information content (AvgIpc) is 2.81. The first-order valence-corrected chi connectivity index (χ1v) is 6.42. The molecule has 0 spiro atoms. The lowest BCUT2D eigenvalue weighted by molar-refractivity contribution is 0.551. The molecule has 6 nitrogen and oxygen atoms in total. The number of hydrogen-bond donors (Lipinski definition) is 2. The molecule has 0 unspecified atom stereocenters. The zero-order chi connectivity index (χ0) is 14.3. The van der Waals surface area contributed by atoms with E-state index >= 15 is 0 Å². The van der Waals surface area contributed by atoms with E-state index in [-0.39, 0.29) is 5.95 Å². The highest BCUT2D eigenvalue weighted by Crippen LogP contribution is 2.28. The minimum atomic E-state index is 0.180. The Labute approximate surface area is 116 Å². The van der Waals surface area contributed by atoms with Crippen molar-refractivity contribution < 1.29 is 0 Å². The van der Waals surface area contributed by atoms with Crippen molar-refractivity contribution in [1.82, 2.24) is 19.7 Å². The van der Waals surface area contributed by atoms with Gasteiger partial charge in [-0.25, -0.2) is 4.98 Å². The zero-order valence-corrected chi connectivity index (χ0v) is 11.4. The summed E-state index contributed by atoms with van der Waals surface area (Å²) < 4.78 is 1.98. The molecular weight excluding hydrogens is 252 g/mol. The molecule has 0 amide bonds. The fraction of sp³-hybridized carbons (Fsp3) is 0.214. The first kappa shape index (κ1) is 12.4. The van der Waals surface area contributed by atoms with Gasteiger partial charge in [0.2, 0.25) is 5.95 Å². The number of nitrogens with zero attached hydrogens (tertiary/aromatic N) is 4. The van der Waals surface area contributed by atoms with Crippen molar-refractivity contribution in [3.8, 4) is 11.1 Å². The minimum Gasteiger partial charge on any atom is -0.383 e. The number of hydrogen-bond acceptors (Lipinski definition) is 5. The van der Waals surface area contributed by atoms with E-state index in [4.69, 9.17) is 11.5 Å². The van der Waals surface area contributed by atoms with Crippen molar-refractivity contribution in [3.05, 3.63) is 30.6 Å². The summed E-state index contributed by atoms with van der Waals surface area (Å²) in [6.07, 6.45) is 3.51. The van der Waals surface area contributed by atoms with Gasteiger partial charge in [0.1, 0.15) is 5.82 Å². The lowest BCUT2D eigenvalue weighted by atomic mass is 10.1. The summed E-state index contributed by atoms with van der Waals surface area (Å²) in [5, 5.41) is 5.50. The molecule has 0 aliphatic rings. The molecule has 0 bridgehead atoms. The lowest BCUT2D eigenvalue weighted by Crippen LogP contribution is -2.03. The van der Waals surface area contributed by atoms with Crippen LogP contribution in [0.1, 0.15) is 19.9 Å². The van der Waals surface area contributed by atoms with Gasteiger partial charge in [-0.2, -0.15) is 10.1 Å². The summed E-state index contributed by atoms with van der Waals surface area (Å²) in [6.45, 7) is 4.19. The predicted octanol–water partition coefficient (Wildman–Crippen LogP) is 2.24. The van der Waals surface area contributed by atoms with Gasteiger partial charge in [-0.1, -0.05) is 12.1 Å². The summed E-state index contributed by atoms with van der Waals surface area (Å²) in [4.78, 5) is 8.00. The van der Waals surface area contributed by atoms with Gasteiger partial charge in [-0.15, -0.1) is 0 Å². The Morgan fingerprint density at radius 3 is 2.65 bits per heavy atom. The first-order chi connectivity index (χ1) is 9.56. The molecule has 20 heavy (non-hydrogen) atoms. The molecule has 2 heterocycles. The fourth-order valence-corrected chi connectivity index (χ4v) is 2.25. The maximum absolute atomic E-state index is 5.92. The Morgan fingerprint density at radius 2 is 1.95 bits per heavy atom. The van der Waals surface area contributed by atoms with Crippen molar-refractivity contribution in [2.45, 2.75) is 19.9 Å². The lowest BCUT2D eigenvalue weighted by Gasteiger charge is -2.09. The van der Waals surface area contributed by atoms with Gasteiger partial charge >= 0.3 is 0 Å². The highest BCUT2D eigenvalue weighted by Gasteiger charge is 2.10. The summed E-state index contributed by atoms with van der Waals surface area (Å²) in [6, 6.07) is 6.35. The summed E-state index contributed by atoms with van der Waals surface area (Å²) in [7, 11) is 0. The topological polar surface area (TPSA) is 95.6 Å². The van der Waals surface area contributed by atoms with E-state index in [1.54, 1.807) is 6.20 Å². The van der Waals surface area contributed by atoms with E-state index in [9.17, 15) is 0 Å². The second-order valence-electron chi connectivity index (χ2n) is 4.98. The molecule has 102 valence electrons. The Morgan fingerprint density at radius 1 is 1.15 bits per heavy atom. The van der Waals surface area contributed by atoms with Crippen LogP contribution in [0, 0.1) is 0 Å². The van der Waals surface area contributed by atoms with Crippen LogP contribution < -0.4 is 11.5 Å². The number of rotatable bonds is 2. The number of nitrogen functional groups attached to an aromatic ring is 2. The summed E-state index contributed by atoms with van der Waals surface area (Å²) >= 11 is 0. The molecule has 0 atom stereocenters. The van der Waals surface area contributed by atoms with Gasteiger partial charge < -0.3 is 11.5 Å². The molecule has 1 aromatic carbocycles. The third-order valence-corrected chi connectivity index (χ3v) is 3.24. The van der Waals surface area contributed by atoms with Crippen molar-refractivity contribution in [3.63, 3.8) is 0 Å². The molecule has 0 fully saturated rings. The molecule has 6 heteroatoms. The van der Waals surface area contributed by atoms with Crippen LogP contribution >= 0.6 is 0 Å². The van der Waals surface area contributed by atoms with E-state index in [0.717, 1.165) is 22.0 Å². The van der Waals surface area contributed by atoms with Gasteiger partial charge in [0.25, 0.3) is 0 Å². The Kier molecular flexibility index (Phi) is 2.78. The molecule has 0 aliphatic heterocycles.